The van der Waals surface area contributed by atoms with Crippen LogP contribution in [0.25, 0.3) is 0 Å². The van der Waals surface area contributed by atoms with E-state index < -0.39 is 10.0 Å². The molecule has 0 unspecified atom stereocenters. The highest BCUT2D eigenvalue weighted by Gasteiger charge is 2.27. The molecule has 0 bridgehead atoms. The van der Waals surface area contributed by atoms with Crippen LogP contribution in [0.4, 0.5) is 0 Å². The van der Waals surface area contributed by atoms with Crippen LogP contribution < -0.4 is 4.72 Å². The third-order valence-electron chi connectivity index (χ3n) is 4.05. The Morgan fingerprint density at radius 3 is 2.58 bits per heavy atom. The summed E-state index contributed by atoms with van der Waals surface area (Å²) in [6.45, 7) is 6.91. The molecular formula is C16H24ClN3O3S. The third kappa shape index (κ3) is 4.91. The maximum Gasteiger partial charge on any atom is 0.242 e. The van der Waals surface area contributed by atoms with E-state index in [0.29, 0.717) is 49.0 Å². The normalized spacial score (nSPS) is 16.6. The summed E-state index contributed by atoms with van der Waals surface area (Å²) in [5, 5.41) is 0.297. The van der Waals surface area contributed by atoms with E-state index >= 15 is 0 Å². The second-order valence-electron chi connectivity index (χ2n) is 6.65. The van der Waals surface area contributed by atoms with Gasteiger partial charge in [0.15, 0.2) is 0 Å². The van der Waals surface area contributed by atoms with Crippen molar-refractivity contribution >= 4 is 27.5 Å². The predicted molar refractivity (Wildman–Crippen MR) is 93.4 cm³/mol. The fraction of sp³-hybridized carbons (Fsp3) is 0.625. The molecule has 1 aliphatic rings. The molecule has 2 heterocycles. The first kappa shape index (κ1) is 19.1. The average molecular weight is 374 g/mol. The van der Waals surface area contributed by atoms with Crippen molar-refractivity contribution in [1.82, 2.24) is 14.6 Å². The topological polar surface area (TPSA) is 79.4 Å². The minimum absolute atomic E-state index is 0.114. The summed E-state index contributed by atoms with van der Waals surface area (Å²) in [6, 6.07) is 1.34. The van der Waals surface area contributed by atoms with Crippen LogP contribution in [-0.4, -0.2) is 43.3 Å². The molecule has 1 amide bonds. The molecule has 0 aromatic carbocycles. The summed E-state index contributed by atoms with van der Waals surface area (Å²) < 4.78 is 27.6. The molecule has 0 radical (unpaired) electrons. The third-order valence-corrected chi connectivity index (χ3v) is 5.94. The van der Waals surface area contributed by atoms with Gasteiger partial charge < -0.3 is 4.90 Å². The second-order valence-corrected chi connectivity index (χ2v) is 8.73. The van der Waals surface area contributed by atoms with Gasteiger partial charge in [-0.25, -0.2) is 18.1 Å². The Balaban J connectivity index is 1.95. The molecule has 0 spiro atoms. The molecule has 1 aromatic heterocycles. The lowest BCUT2D eigenvalue weighted by Gasteiger charge is -2.32. The summed E-state index contributed by atoms with van der Waals surface area (Å²) in [7, 11) is -3.63. The zero-order chi connectivity index (χ0) is 17.9. The summed E-state index contributed by atoms with van der Waals surface area (Å²) >= 11 is 5.84. The molecule has 0 atom stereocenters. The molecule has 1 aromatic rings. The highest BCUT2D eigenvalue weighted by Crippen LogP contribution is 2.19. The number of nitrogens with one attached hydrogen (secondary N) is 1. The number of hydrogen-bond acceptors (Lipinski definition) is 4. The quantitative estimate of drug-likeness (QED) is 0.803. The van der Waals surface area contributed by atoms with Gasteiger partial charge in [0.2, 0.25) is 15.9 Å². The number of aromatic nitrogens is 1. The Hall–Kier alpha value is -1.18. The Labute approximate surface area is 148 Å². The molecule has 0 saturated carbocycles. The standard InChI is InChI=1S/C16H24ClN3O3S/c1-11(2)8-15(21)20-6-4-13(5-7-20)19-24(22,23)14-9-12(3)16(17)18-10-14/h9-11,13,19H,4-8H2,1-3H3. The summed E-state index contributed by atoms with van der Waals surface area (Å²) in [6.07, 6.45) is 3.03. The molecule has 6 nitrogen and oxygen atoms in total. The van der Waals surface area contributed by atoms with Crippen molar-refractivity contribution in [3.63, 3.8) is 0 Å². The maximum atomic E-state index is 12.5. The lowest BCUT2D eigenvalue weighted by molar-refractivity contribution is -0.133. The van der Waals surface area contributed by atoms with Crippen LogP contribution in [0.2, 0.25) is 5.15 Å². The number of carbonyl (C=O) groups excluding carboxylic acids is 1. The Morgan fingerprint density at radius 1 is 1.42 bits per heavy atom. The molecule has 1 fully saturated rings. The molecule has 1 saturated heterocycles. The molecule has 0 aliphatic carbocycles. The fourth-order valence-corrected chi connectivity index (χ4v) is 4.13. The number of nitrogens with zero attached hydrogens (tertiary/aromatic N) is 2. The maximum absolute atomic E-state index is 12.5. The van der Waals surface area contributed by atoms with E-state index in [4.69, 9.17) is 11.6 Å². The van der Waals surface area contributed by atoms with Gasteiger partial charge in [0.25, 0.3) is 0 Å². The van der Waals surface area contributed by atoms with E-state index in [1.54, 1.807) is 6.92 Å². The van der Waals surface area contributed by atoms with Crippen molar-refractivity contribution in [2.75, 3.05) is 13.1 Å². The second kappa shape index (κ2) is 7.80. The zero-order valence-electron chi connectivity index (χ0n) is 14.3. The van der Waals surface area contributed by atoms with E-state index in [0.717, 1.165) is 0 Å². The van der Waals surface area contributed by atoms with Crippen LogP contribution in [0.1, 0.15) is 38.7 Å². The lowest BCUT2D eigenvalue weighted by Crippen LogP contribution is -2.46. The summed E-state index contributed by atoms with van der Waals surface area (Å²) in [4.78, 5) is 17.9. The number of sulfonamides is 1. The van der Waals surface area contributed by atoms with E-state index in [1.165, 1.54) is 12.3 Å². The zero-order valence-corrected chi connectivity index (χ0v) is 15.8. The van der Waals surface area contributed by atoms with Crippen LogP contribution in [-0.2, 0) is 14.8 Å². The largest absolute Gasteiger partial charge is 0.343 e. The van der Waals surface area contributed by atoms with Gasteiger partial charge in [-0.15, -0.1) is 0 Å². The number of likely N-dealkylation sites (tertiary alicyclic amines) is 1. The number of pyridine rings is 1. The van der Waals surface area contributed by atoms with Crippen LogP contribution in [0.3, 0.4) is 0 Å². The molecule has 2 rings (SSSR count). The monoisotopic (exact) mass is 373 g/mol. The summed E-state index contributed by atoms with van der Waals surface area (Å²) in [5.74, 6) is 0.471. The van der Waals surface area contributed by atoms with Crippen LogP contribution in [0, 0.1) is 12.8 Å². The first-order valence-corrected chi connectivity index (χ1v) is 9.97. The van der Waals surface area contributed by atoms with Crippen molar-refractivity contribution < 1.29 is 13.2 Å². The van der Waals surface area contributed by atoms with E-state index in [9.17, 15) is 13.2 Å². The van der Waals surface area contributed by atoms with Gasteiger partial charge in [-0.1, -0.05) is 25.4 Å². The number of piperidine rings is 1. The van der Waals surface area contributed by atoms with Crippen molar-refractivity contribution in [1.29, 1.82) is 0 Å². The van der Waals surface area contributed by atoms with Gasteiger partial charge in [-0.05, 0) is 37.3 Å². The van der Waals surface area contributed by atoms with E-state index in [-0.39, 0.29) is 16.8 Å². The number of halogens is 1. The summed E-state index contributed by atoms with van der Waals surface area (Å²) in [5.41, 5.74) is 0.619. The lowest BCUT2D eigenvalue weighted by atomic mass is 10.0. The Kier molecular flexibility index (Phi) is 6.22. The molecule has 1 N–H and O–H groups in total. The Morgan fingerprint density at radius 2 is 2.04 bits per heavy atom. The SMILES string of the molecule is Cc1cc(S(=O)(=O)NC2CCN(C(=O)CC(C)C)CC2)cnc1Cl. The van der Waals surface area contributed by atoms with Crippen molar-refractivity contribution in [3.8, 4) is 0 Å². The first-order chi connectivity index (χ1) is 11.2. The average Bonchev–Trinajstić information content (AvgIpc) is 2.49. The first-order valence-electron chi connectivity index (χ1n) is 8.11. The highest BCUT2D eigenvalue weighted by molar-refractivity contribution is 7.89. The van der Waals surface area contributed by atoms with Gasteiger partial charge in [0, 0.05) is 31.7 Å². The van der Waals surface area contributed by atoms with Gasteiger partial charge in [0.05, 0.1) is 0 Å². The van der Waals surface area contributed by atoms with Crippen molar-refractivity contribution in [3.05, 3.63) is 23.0 Å². The van der Waals surface area contributed by atoms with E-state index in [2.05, 4.69) is 9.71 Å². The number of hydrogen-bond donors (Lipinski definition) is 1. The molecule has 134 valence electrons. The number of rotatable bonds is 5. The van der Waals surface area contributed by atoms with Gasteiger partial charge >= 0.3 is 0 Å². The van der Waals surface area contributed by atoms with E-state index in [1.807, 2.05) is 18.7 Å². The molecule has 1 aliphatic heterocycles. The predicted octanol–water partition coefficient (Wildman–Crippen LogP) is 2.36. The van der Waals surface area contributed by atoms with Crippen molar-refractivity contribution in [2.45, 2.75) is 51.0 Å². The molecule has 8 heteroatoms. The number of aryl methyl sites for hydroxylation is 1. The van der Waals surface area contributed by atoms with Gasteiger partial charge in [-0.3, -0.25) is 4.79 Å². The van der Waals surface area contributed by atoms with Gasteiger partial charge in [-0.2, -0.15) is 0 Å². The van der Waals surface area contributed by atoms with Crippen molar-refractivity contribution in [2.24, 2.45) is 5.92 Å². The van der Waals surface area contributed by atoms with Crippen LogP contribution in [0.15, 0.2) is 17.2 Å². The minimum Gasteiger partial charge on any atom is -0.343 e. The van der Waals surface area contributed by atoms with Gasteiger partial charge in [0.1, 0.15) is 10.0 Å². The molecule has 24 heavy (non-hydrogen) atoms. The fourth-order valence-electron chi connectivity index (χ4n) is 2.69. The highest BCUT2D eigenvalue weighted by atomic mass is 35.5. The number of amides is 1. The Bertz CT molecular complexity index is 699. The smallest absolute Gasteiger partial charge is 0.242 e. The van der Waals surface area contributed by atoms with Crippen LogP contribution >= 0.6 is 11.6 Å². The number of carbonyl (C=O) groups is 1. The van der Waals surface area contributed by atoms with Crippen LogP contribution in [0.5, 0.6) is 0 Å². The minimum atomic E-state index is -3.63. The molecular weight excluding hydrogens is 350 g/mol.